The monoisotopic (exact) mass is 225 g/mol. The zero-order valence-corrected chi connectivity index (χ0v) is 8.76. The van der Waals surface area contributed by atoms with Gasteiger partial charge in [-0.05, 0) is 18.1 Å². The van der Waals surface area contributed by atoms with E-state index < -0.39 is 12.0 Å². The molecule has 0 saturated carbocycles. The van der Waals surface area contributed by atoms with Crippen LogP contribution in [0, 0.1) is 0 Å². The van der Waals surface area contributed by atoms with Crippen molar-refractivity contribution in [1.82, 2.24) is 0 Å². The molecule has 1 atom stereocenters. The molecule has 0 aliphatic carbocycles. The summed E-state index contributed by atoms with van der Waals surface area (Å²) in [6, 6.07) is 4.29. The standard InChI is InChI=1S/C11H15NO4/c12-9(3-4-11(15)16)7-1-2-8(6-13)10(14)5-7/h1-2,5,9,13-14H,3-4,6,12H2,(H,15,16). The Morgan fingerprint density at radius 1 is 1.44 bits per heavy atom. The second kappa shape index (κ2) is 5.48. The molecule has 0 aliphatic heterocycles. The summed E-state index contributed by atoms with van der Waals surface area (Å²) in [5, 5.41) is 26.8. The van der Waals surface area contributed by atoms with Crippen molar-refractivity contribution in [3.63, 3.8) is 0 Å². The highest BCUT2D eigenvalue weighted by atomic mass is 16.4. The third-order valence-electron chi connectivity index (χ3n) is 2.38. The Balaban J connectivity index is 2.72. The van der Waals surface area contributed by atoms with Crippen LogP contribution in [0.5, 0.6) is 5.75 Å². The largest absolute Gasteiger partial charge is 0.508 e. The molecule has 0 fully saturated rings. The summed E-state index contributed by atoms with van der Waals surface area (Å²) >= 11 is 0. The van der Waals surface area contributed by atoms with Gasteiger partial charge in [-0.25, -0.2) is 0 Å². The molecule has 0 aliphatic rings. The number of phenols is 1. The summed E-state index contributed by atoms with van der Waals surface area (Å²) in [6.45, 7) is -0.240. The molecule has 0 spiro atoms. The number of aliphatic carboxylic acids is 1. The molecule has 0 aromatic heterocycles. The Morgan fingerprint density at radius 2 is 2.12 bits per heavy atom. The van der Waals surface area contributed by atoms with Crippen LogP contribution in [-0.4, -0.2) is 21.3 Å². The van der Waals surface area contributed by atoms with Gasteiger partial charge in [0.25, 0.3) is 0 Å². The average molecular weight is 225 g/mol. The van der Waals surface area contributed by atoms with E-state index >= 15 is 0 Å². The van der Waals surface area contributed by atoms with E-state index in [0.29, 0.717) is 17.5 Å². The smallest absolute Gasteiger partial charge is 0.303 e. The topological polar surface area (TPSA) is 104 Å². The second-order valence-electron chi connectivity index (χ2n) is 3.59. The zero-order valence-electron chi connectivity index (χ0n) is 8.76. The van der Waals surface area contributed by atoms with Gasteiger partial charge in [0.15, 0.2) is 0 Å². The molecule has 0 saturated heterocycles. The fraction of sp³-hybridized carbons (Fsp3) is 0.364. The number of nitrogens with two attached hydrogens (primary N) is 1. The Labute approximate surface area is 93.1 Å². The number of carbonyl (C=O) groups is 1. The summed E-state index contributed by atoms with van der Waals surface area (Å²) in [7, 11) is 0. The molecule has 88 valence electrons. The molecule has 1 aromatic carbocycles. The highest BCUT2D eigenvalue weighted by molar-refractivity contribution is 5.66. The molecular formula is C11H15NO4. The number of aliphatic hydroxyl groups is 1. The molecule has 5 N–H and O–H groups in total. The summed E-state index contributed by atoms with van der Waals surface area (Å²) < 4.78 is 0. The third-order valence-corrected chi connectivity index (χ3v) is 2.38. The first-order chi connectivity index (χ1) is 7.54. The lowest BCUT2D eigenvalue weighted by molar-refractivity contribution is -0.137. The number of hydrogen-bond donors (Lipinski definition) is 4. The molecule has 0 bridgehead atoms. The maximum atomic E-state index is 10.4. The molecule has 0 amide bonds. The van der Waals surface area contributed by atoms with E-state index in [1.165, 1.54) is 6.07 Å². The van der Waals surface area contributed by atoms with Crippen LogP contribution in [0.15, 0.2) is 18.2 Å². The minimum absolute atomic E-state index is 0.0102. The van der Waals surface area contributed by atoms with Gasteiger partial charge in [-0.3, -0.25) is 4.79 Å². The molecule has 1 rings (SSSR count). The highest BCUT2D eigenvalue weighted by Crippen LogP contribution is 2.23. The number of hydrogen-bond acceptors (Lipinski definition) is 4. The molecule has 16 heavy (non-hydrogen) atoms. The van der Waals surface area contributed by atoms with Crippen molar-refractivity contribution in [3.05, 3.63) is 29.3 Å². The molecule has 1 unspecified atom stereocenters. The Bertz CT molecular complexity index is 378. The van der Waals surface area contributed by atoms with Crippen molar-refractivity contribution in [2.24, 2.45) is 5.73 Å². The minimum Gasteiger partial charge on any atom is -0.508 e. The number of rotatable bonds is 5. The zero-order chi connectivity index (χ0) is 12.1. The first kappa shape index (κ1) is 12.5. The lowest BCUT2D eigenvalue weighted by atomic mass is 10.0. The SMILES string of the molecule is NC(CCC(=O)O)c1ccc(CO)c(O)c1. The number of carboxylic acids is 1. The number of carboxylic acid groups (broad SMARTS) is 1. The van der Waals surface area contributed by atoms with E-state index in [-0.39, 0.29) is 18.8 Å². The Hall–Kier alpha value is -1.59. The number of aromatic hydroxyl groups is 1. The highest BCUT2D eigenvalue weighted by Gasteiger charge is 2.10. The third kappa shape index (κ3) is 3.22. The van der Waals surface area contributed by atoms with Gasteiger partial charge < -0.3 is 21.1 Å². The van der Waals surface area contributed by atoms with Crippen molar-refractivity contribution in [1.29, 1.82) is 0 Å². The van der Waals surface area contributed by atoms with Crippen molar-refractivity contribution in [2.45, 2.75) is 25.5 Å². The summed E-state index contributed by atoms with van der Waals surface area (Å²) in [5.74, 6) is -0.919. The van der Waals surface area contributed by atoms with Gasteiger partial charge in [-0.15, -0.1) is 0 Å². The van der Waals surface area contributed by atoms with Crippen LogP contribution >= 0.6 is 0 Å². The van der Waals surface area contributed by atoms with Crippen LogP contribution in [0.3, 0.4) is 0 Å². The maximum absolute atomic E-state index is 10.4. The van der Waals surface area contributed by atoms with E-state index in [4.69, 9.17) is 15.9 Å². The summed E-state index contributed by atoms with van der Waals surface area (Å²) in [6.07, 6.45) is 0.303. The molecule has 0 radical (unpaired) electrons. The van der Waals surface area contributed by atoms with Gasteiger partial charge in [0, 0.05) is 18.0 Å². The summed E-state index contributed by atoms with van der Waals surface area (Å²) in [5.41, 5.74) is 6.85. The van der Waals surface area contributed by atoms with Crippen LogP contribution < -0.4 is 5.73 Å². The van der Waals surface area contributed by atoms with Gasteiger partial charge >= 0.3 is 5.97 Å². The quantitative estimate of drug-likeness (QED) is 0.592. The van der Waals surface area contributed by atoms with Gasteiger partial charge in [0.05, 0.1) is 6.61 Å². The van der Waals surface area contributed by atoms with Crippen molar-refractivity contribution >= 4 is 5.97 Å². The molecular weight excluding hydrogens is 210 g/mol. The lowest BCUT2D eigenvalue weighted by Crippen LogP contribution is -2.12. The van der Waals surface area contributed by atoms with Crippen LogP contribution in [0.25, 0.3) is 0 Å². The van der Waals surface area contributed by atoms with E-state index in [9.17, 15) is 9.90 Å². The minimum atomic E-state index is -0.897. The molecule has 0 heterocycles. The molecule has 1 aromatic rings. The van der Waals surface area contributed by atoms with Gasteiger partial charge in [0.2, 0.25) is 0 Å². The predicted molar refractivity (Wildman–Crippen MR) is 57.8 cm³/mol. The second-order valence-corrected chi connectivity index (χ2v) is 3.59. The fourth-order valence-electron chi connectivity index (χ4n) is 1.39. The lowest BCUT2D eigenvalue weighted by Gasteiger charge is -2.12. The van der Waals surface area contributed by atoms with Gasteiger partial charge in [-0.2, -0.15) is 0 Å². The number of benzene rings is 1. The Kier molecular flexibility index (Phi) is 4.28. The summed E-state index contributed by atoms with van der Waals surface area (Å²) in [4.78, 5) is 10.4. The van der Waals surface area contributed by atoms with Crippen LogP contribution in [0.4, 0.5) is 0 Å². The van der Waals surface area contributed by atoms with Gasteiger partial charge in [-0.1, -0.05) is 12.1 Å². The van der Waals surface area contributed by atoms with E-state index in [2.05, 4.69) is 0 Å². The normalized spacial score (nSPS) is 12.4. The predicted octanol–water partition coefficient (Wildman–Crippen LogP) is 0.749. The molecule has 5 heteroatoms. The van der Waals surface area contributed by atoms with Crippen LogP contribution in [-0.2, 0) is 11.4 Å². The van der Waals surface area contributed by atoms with Crippen molar-refractivity contribution < 1.29 is 20.1 Å². The Morgan fingerprint density at radius 3 is 2.62 bits per heavy atom. The number of aliphatic hydroxyl groups excluding tert-OH is 1. The van der Waals surface area contributed by atoms with Crippen LogP contribution in [0.1, 0.15) is 30.0 Å². The first-order valence-corrected chi connectivity index (χ1v) is 4.94. The van der Waals surface area contributed by atoms with Crippen LogP contribution in [0.2, 0.25) is 0 Å². The van der Waals surface area contributed by atoms with Crippen molar-refractivity contribution in [2.75, 3.05) is 0 Å². The first-order valence-electron chi connectivity index (χ1n) is 4.94. The van der Waals surface area contributed by atoms with E-state index in [0.717, 1.165) is 0 Å². The average Bonchev–Trinajstić information content (AvgIpc) is 2.25. The van der Waals surface area contributed by atoms with Crippen molar-refractivity contribution in [3.8, 4) is 5.75 Å². The van der Waals surface area contributed by atoms with Gasteiger partial charge in [0.1, 0.15) is 5.75 Å². The van der Waals surface area contributed by atoms with E-state index in [1.807, 2.05) is 0 Å². The molecule has 5 nitrogen and oxygen atoms in total. The van der Waals surface area contributed by atoms with E-state index in [1.54, 1.807) is 12.1 Å². The fourth-order valence-corrected chi connectivity index (χ4v) is 1.39. The maximum Gasteiger partial charge on any atom is 0.303 e.